The molecule has 6 heteroatoms. The first kappa shape index (κ1) is 14.3. The zero-order chi connectivity index (χ0) is 14.7. The highest BCUT2D eigenvalue weighted by molar-refractivity contribution is 7.80. The number of esters is 1. The number of benzene rings is 1. The topological polar surface area (TPSA) is 59.6 Å². The summed E-state index contributed by atoms with van der Waals surface area (Å²) in [6, 6.07) is 7.13. The number of methoxy groups -OCH3 is 2. The van der Waals surface area contributed by atoms with Gasteiger partial charge in [-0.3, -0.25) is 0 Å². The van der Waals surface area contributed by atoms with Crippen LogP contribution in [0.2, 0.25) is 0 Å². The Kier molecular flexibility index (Phi) is 4.24. The summed E-state index contributed by atoms with van der Waals surface area (Å²) in [5, 5.41) is 6.51. The summed E-state index contributed by atoms with van der Waals surface area (Å²) in [6.45, 7) is 1.80. The van der Waals surface area contributed by atoms with Crippen LogP contribution in [0.4, 0.5) is 0 Å². The number of allylic oxidation sites excluding steroid dienone is 1. The van der Waals surface area contributed by atoms with Crippen molar-refractivity contribution in [1.29, 1.82) is 0 Å². The second-order valence-corrected chi connectivity index (χ2v) is 4.74. The van der Waals surface area contributed by atoms with Crippen molar-refractivity contribution in [1.82, 2.24) is 10.6 Å². The van der Waals surface area contributed by atoms with E-state index in [4.69, 9.17) is 21.7 Å². The van der Waals surface area contributed by atoms with E-state index in [0.29, 0.717) is 16.4 Å². The SMILES string of the molecule is COC(=O)C1=C(C)NC(=S)NC1c1ccc(OC)cc1. The normalized spacial score (nSPS) is 18.1. The summed E-state index contributed by atoms with van der Waals surface area (Å²) in [6.07, 6.45) is 0. The molecule has 0 aromatic heterocycles. The predicted molar refractivity (Wildman–Crippen MR) is 79.3 cm³/mol. The van der Waals surface area contributed by atoms with Crippen LogP contribution >= 0.6 is 12.2 Å². The number of rotatable bonds is 3. The van der Waals surface area contributed by atoms with E-state index in [1.165, 1.54) is 7.11 Å². The van der Waals surface area contributed by atoms with Crippen molar-refractivity contribution in [3.63, 3.8) is 0 Å². The fraction of sp³-hybridized carbons (Fsp3) is 0.286. The molecule has 0 amide bonds. The average Bonchev–Trinajstić information content (AvgIpc) is 2.46. The molecule has 0 fully saturated rings. The highest BCUT2D eigenvalue weighted by atomic mass is 32.1. The van der Waals surface area contributed by atoms with E-state index in [9.17, 15) is 4.79 Å². The van der Waals surface area contributed by atoms with Gasteiger partial charge in [0.25, 0.3) is 0 Å². The first-order valence-electron chi connectivity index (χ1n) is 6.07. The third kappa shape index (κ3) is 2.75. The Balaban J connectivity index is 2.42. The monoisotopic (exact) mass is 292 g/mol. The molecule has 106 valence electrons. The van der Waals surface area contributed by atoms with Crippen LogP contribution in [0.1, 0.15) is 18.5 Å². The van der Waals surface area contributed by atoms with Crippen molar-refractivity contribution in [3.8, 4) is 5.75 Å². The van der Waals surface area contributed by atoms with Crippen LogP contribution in [-0.4, -0.2) is 25.3 Å². The molecule has 1 aromatic carbocycles. The van der Waals surface area contributed by atoms with Gasteiger partial charge in [0.1, 0.15) is 5.75 Å². The Morgan fingerprint density at radius 3 is 2.45 bits per heavy atom. The van der Waals surface area contributed by atoms with E-state index in [1.807, 2.05) is 24.3 Å². The van der Waals surface area contributed by atoms with Gasteiger partial charge in [0.2, 0.25) is 0 Å². The highest BCUT2D eigenvalue weighted by Crippen LogP contribution is 2.28. The lowest BCUT2D eigenvalue weighted by molar-refractivity contribution is -0.136. The molecule has 0 radical (unpaired) electrons. The smallest absolute Gasteiger partial charge is 0.337 e. The third-order valence-electron chi connectivity index (χ3n) is 3.12. The van der Waals surface area contributed by atoms with Crippen molar-refractivity contribution < 1.29 is 14.3 Å². The van der Waals surface area contributed by atoms with Gasteiger partial charge in [0, 0.05) is 5.70 Å². The van der Waals surface area contributed by atoms with Gasteiger partial charge in [-0.25, -0.2) is 4.79 Å². The number of hydrogen-bond acceptors (Lipinski definition) is 4. The summed E-state index contributed by atoms with van der Waals surface area (Å²) in [5.74, 6) is 0.372. The van der Waals surface area contributed by atoms with Gasteiger partial charge in [-0.15, -0.1) is 0 Å². The Hall–Kier alpha value is -2.08. The second kappa shape index (κ2) is 5.92. The molecular formula is C14H16N2O3S. The number of carbonyl (C=O) groups excluding carboxylic acids is 1. The van der Waals surface area contributed by atoms with Crippen LogP contribution in [0.25, 0.3) is 0 Å². The van der Waals surface area contributed by atoms with Crippen LogP contribution in [0, 0.1) is 0 Å². The van der Waals surface area contributed by atoms with Crippen LogP contribution < -0.4 is 15.4 Å². The van der Waals surface area contributed by atoms with Crippen LogP contribution in [-0.2, 0) is 9.53 Å². The number of ether oxygens (including phenoxy) is 2. The molecule has 20 heavy (non-hydrogen) atoms. The van der Waals surface area contributed by atoms with Crippen LogP contribution in [0.15, 0.2) is 35.5 Å². The van der Waals surface area contributed by atoms with E-state index < -0.39 is 0 Å². The van der Waals surface area contributed by atoms with Crippen molar-refractivity contribution in [2.45, 2.75) is 13.0 Å². The zero-order valence-corrected chi connectivity index (χ0v) is 12.3. The lowest BCUT2D eigenvalue weighted by Gasteiger charge is -2.29. The third-order valence-corrected chi connectivity index (χ3v) is 3.34. The van der Waals surface area contributed by atoms with E-state index in [1.54, 1.807) is 14.0 Å². The standard InChI is InChI=1S/C14H16N2O3S/c1-8-11(13(17)19-3)12(16-14(20)15-8)9-4-6-10(18-2)7-5-9/h4-7,12H,1-3H3,(H2,15,16,20). The second-order valence-electron chi connectivity index (χ2n) is 4.33. The maximum Gasteiger partial charge on any atom is 0.337 e. The molecule has 1 aliphatic rings. The Morgan fingerprint density at radius 1 is 1.25 bits per heavy atom. The summed E-state index contributed by atoms with van der Waals surface area (Å²) in [5.41, 5.74) is 2.13. The van der Waals surface area contributed by atoms with E-state index in [-0.39, 0.29) is 12.0 Å². The van der Waals surface area contributed by atoms with Gasteiger partial charge in [0.15, 0.2) is 5.11 Å². The van der Waals surface area contributed by atoms with Gasteiger partial charge in [-0.2, -0.15) is 0 Å². The number of thiocarbonyl (C=S) groups is 1. The lowest BCUT2D eigenvalue weighted by atomic mass is 9.95. The summed E-state index contributed by atoms with van der Waals surface area (Å²) in [4.78, 5) is 12.0. The number of hydrogen-bond donors (Lipinski definition) is 2. The largest absolute Gasteiger partial charge is 0.497 e. The number of nitrogens with one attached hydrogen (secondary N) is 2. The first-order chi connectivity index (χ1) is 9.56. The van der Waals surface area contributed by atoms with Crippen molar-refractivity contribution in [3.05, 3.63) is 41.1 Å². The van der Waals surface area contributed by atoms with Crippen molar-refractivity contribution in [2.75, 3.05) is 14.2 Å². The molecule has 1 atom stereocenters. The molecular weight excluding hydrogens is 276 g/mol. The maximum atomic E-state index is 12.0. The first-order valence-corrected chi connectivity index (χ1v) is 6.48. The minimum Gasteiger partial charge on any atom is -0.497 e. The van der Waals surface area contributed by atoms with Gasteiger partial charge in [0.05, 0.1) is 25.8 Å². The molecule has 0 saturated carbocycles. The zero-order valence-electron chi connectivity index (χ0n) is 11.5. The predicted octanol–water partition coefficient (Wildman–Crippen LogP) is 1.66. The summed E-state index contributed by atoms with van der Waals surface area (Å²) < 4.78 is 9.98. The van der Waals surface area contributed by atoms with Gasteiger partial charge in [-0.1, -0.05) is 12.1 Å². The molecule has 1 heterocycles. The van der Waals surface area contributed by atoms with Gasteiger partial charge in [-0.05, 0) is 36.8 Å². The Bertz CT molecular complexity index is 566. The lowest BCUT2D eigenvalue weighted by Crippen LogP contribution is -2.45. The summed E-state index contributed by atoms with van der Waals surface area (Å²) in [7, 11) is 2.97. The molecule has 1 aliphatic heterocycles. The Morgan fingerprint density at radius 2 is 1.90 bits per heavy atom. The quantitative estimate of drug-likeness (QED) is 0.653. The molecule has 1 unspecified atom stereocenters. The maximum absolute atomic E-state index is 12.0. The van der Waals surface area contributed by atoms with Crippen molar-refractivity contribution >= 4 is 23.3 Å². The fourth-order valence-corrected chi connectivity index (χ4v) is 2.39. The van der Waals surface area contributed by atoms with E-state index in [0.717, 1.165) is 11.3 Å². The van der Waals surface area contributed by atoms with Crippen LogP contribution in [0.5, 0.6) is 5.75 Å². The number of carbonyl (C=O) groups is 1. The van der Waals surface area contributed by atoms with Crippen LogP contribution in [0.3, 0.4) is 0 Å². The molecule has 1 aromatic rings. The van der Waals surface area contributed by atoms with Gasteiger partial charge >= 0.3 is 5.97 Å². The summed E-state index contributed by atoms with van der Waals surface area (Å²) >= 11 is 5.15. The molecule has 0 saturated heterocycles. The van der Waals surface area contributed by atoms with E-state index >= 15 is 0 Å². The molecule has 2 N–H and O–H groups in total. The van der Waals surface area contributed by atoms with Crippen molar-refractivity contribution in [2.24, 2.45) is 0 Å². The molecule has 5 nitrogen and oxygen atoms in total. The Labute approximate surface area is 123 Å². The molecule has 0 aliphatic carbocycles. The molecule has 2 rings (SSSR count). The highest BCUT2D eigenvalue weighted by Gasteiger charge is 2.30. The molecule has 0 bridgehead atoms. The molecule has 0 spiro atoms. The van der Waals surface area contributed by atoms with Gasteiger partial charge < -0.3 is 20.1 Å². The average molecular weight is 292 g/mol. The minimum atomic E-state index is -0.384. The fourth-order valence-electron chi connectivity index (χ4n) is 2.12. The minimum absolute atomic E-state index is 0.331. The van der Waals surface area contributed by atoms with E-state index in [2.05, 4.69) is 10.6 Å².